The summed E-state index contributed by atoms with van der Waals surface area (Å²) in [7, 11) is 0. The Morgan fingerprint density at radius 3 is 2.53 bits per heavy atom. The van der Waals surface area contributed by atoms with E-state index in [1.807, 2.05) is 4.90 Å². The van der Waals surface area contributed by atoms with Crippen LogP contribution < -0.4 is 5.32 Å². The predicted octanol–water partition coefficient (Wildman–Crippen LogP) is -0.264. The van der Waals surface area contributed by atoms with Gasteiger partial charge < -0.3 is 4.90 Å². The quantitative estimate of drug-likeness (QED) is 0.712. The number of imide groups is 1. The second-order valence-corrected chi connectivity index (χ2v) is 5.06. The fourth-order valence-electron chi connectivity index (χ4n) is 2.64. The first-order valence-electron chi connectivity index (χ1n) is 6.99. The highest BCUT2D eigenvalue weighted by molar-refractivity contribution is 6.05. The Bertz CT molecular complexity index is 377. The fourth-order valence-corrected chi connectivity index (χ4v) is 2.64. The molecule has 6 nitrogen and oxygen atoms in total. The fraction of sp³-hybridized carbons (Fsp3) is 0.769. The molecule has 2 heterocycles. The SMILES string of the molecule is CCN1C(=O)CC(NCC(=O)N2CCCCC2)C1=O. The first kappa shape index (κ1) is 14.0. The van der Waals surface area contributed by atoms with Crippen LogP contribution in [0.4, 0.5) is 0 Å². The van der Waals surface area contributed by atoms with Crippen molar-refractivity contribution in [2.24, 2.45) is 0 Å². The van der Waals surface area contributed by atoms with E-state index >= 15 is 0 Å². The summed E-state index contributed by atoms with van der Waals surface area (Å²) in [6.07, 6.45) is 3.45. The average molecular weight is 267 g/mol. The van der Waals surface area contributed by atoms with Gasteiger partial charge in [0.25, 0.3) is 0 Å². The number of nitrogens with one attached hydrogen (secondary N) is 1. The van der Waals surface area contributed by atoms with Gasteiger partial charge in [0, 0.05) is 19.6 Å². The van der Waals surface area contributed by atoms with Gasteiger partial charge in [0.2, 0.25) is 17.7 Å². The Labute approximate surface area is 113 Å². The number of likely N-dealkylation sites (N-methyl/N-ethyl adjacent to an activating group) is 1. The van der Waals surface area contributed by atoms with E-state index in [-0.39, 0.29) is 30.7 Å². The van der Waals surface area contributed by atoms with Gasteiger partial charge in [0.05, 0.1) is 19.0 Å². The Balaban J connectivity index is 1.80. The van der Waals surface area contributed by atoms with E-state index in [9.17, 15) is 14.4 Å². The molecule has 0 radical (unpaired) electrons. The minimum atomic E-state index is -0.527. The first-order chi connectivity index (χ1) is 9.13. The zero-order chi connectivity index (χ0) is 13.8. The van der Waals surface area contributed by atoms with Gasteiger partial charge in [-0.15, -0.1) is 0 Å². The van der Waals surface area contributed by atoms with E-state index in [1.54, 1.807) is 6.92 Å². The summed E-state index contributed by atoms with van der Waals surface area (Å²) in [6.45, 7) is 3.92. The maximum atomic E-state index is 11.9. The van der Waals surface area contributed by atoms with Gasteiger partial charge in [-0.2, -0.15) is 0 Å². The number of rotatable bonds is 4. The van der Waals surface area contributed by atoms with Crippen LogP contribution in [0.3, 0.4) is 0 Å². The molecule has 2 rings (SSSR count). The summed E-state index contributed by atoms with van der Waals surface area (Å²) in [5.41, 5.74) is 0. The zero-order valence-corrected chi connectivity index (χ0v) is 11.4. The van der Waals surface area contributed by atoms with Crippen molar-refractivity contribution >= 4 is 17.7 Å². The summed E-state index contributed by atoms with van der Waals surface area (Å²) in [4.78, 5) is 38.4. The normalized spacial score (nSPS) is 24.2. The van der Waals surface area contributed by atoms with Crippen LogP contribution >= 0.6 is 0 Å². The summed E-state index contributed by atoms with van der Waals surface area (Å²) < 4.78 is 0. The molecule has 106 valence electrons. The van der Waals surface area contributed by atoms with E-state index in [4.69, 9.17) is 0 Å². The van der Waals surface area contributed by atoms with Crippen molar-refractivity contribution in [3.05, 3.63) is 0 Å². The highest BCUT2D eigenvalue weighted by atomic mass is 16.2. The molecule has 2 saturated heterocycles. The Hall–Kier alpha value is -1.43. The van der Waals surface area contributed by atoms with Crippen LogP contribution in [-0.2, 0) is 14.4 Å². The van der Waals surface area contributed by atoms with Gasteiger partial charge in [-0.25, -0.2) is 0 Å². The molecule has 2 fully saturated rings. The third-order valence-corrected chi connectivity index (χ3v) is 3.77. The number of hydrogen-bond acceptors (Lipinski definition) is 4. The van der Waals surface area contributed by atoms with Crippen LogP contribution in [0.25, 0.3) is 0 Å². The molecule has 3 amide bonds. The summed E-state index contributed by atoms with van der Waals surface area (Å²) in [6, 6.07) is -0.527. The van der Waals surface area contributed by atoms with Crippen LogP contribution in [-0.4, -0.2) is 59.7 Å². The Morgan fingerprint density at radius 1 is 1.26 bits per heavy atom. The maximum Gasteiger partial charge on any atom is 0.246 e. The largest absolute Gasteiger partial charge is 0.342 e. The lowest BCUT2D eigenvalue weighted by molar-refractivity contribution is -0.138. The molecule has 1 unspecified atom stereocenters. The number of hydrogen-bond donors (Lipinski definition) is 1. The first-order valence-corrected chi connectivity index (χ1v) is 6.99. The van der Waals surface area contributed by atoms with Gasteiger partial charge in [-0.3, -0.25) is 24.6 Å². The van der Waals surface area contributed by atoms with E-state index in [0.717, 1.165) is 25.9 Å². The molecule has 0 aromatic rings. The molecule has 1 atom stereocenters. The van der Waals surface area contributed by atoms with Crippen LogP contribution in [0.1, 0.15) is 32.6 Å². The predicted molar refractivity (Wildman–Crippen MR) is 69.2 cm³/mol. The number of amides is 3. The molecule has 1 N–H and O–H groups in total. The van der Waals surface area contributed by atoms with Gasteiger partial charge in [0.15, 0.2) is 0 Å². The lowest BCUT2D eigenvalue weighted by atomic mass is 10.1. The second-order valence-electron chi connectivity index (χ2n) is 5.06. The third kappa shape index (κ3) is 3.12. The van der Waals surface area contributed by atoms with E-state index in [2.05, 4.69) is 5.32 Å². The Morgan fingerprint density at radius 2 is 1.95 bits per heavy atom. The maximum absolute atomic E-state index is 11.9. The third-order valence-electron chi connectivity index (χ3n) is 3.77. The monoisotopic (exact) mass is 267 g/mol. The molecule has 0 aromatic carbocycles. The topological polar surface area (TPSA) is 69.7 Å². The molecule has 0 bridgehead atoms. The molecule has 19 heavy (non-hydrogen) atoms. The van der Waals surface area contributed by atoms with Crippen LogP contribution in [0.2, 0.25) is 0 Å². The summed E-state index contributed by atoms with van der Waals surface area (Å²) >= 11 is 0. The molecule has 2 aliphatic heterocycles. The summed E-state index contributed by atoms with van der Waals surface area (Å²) in [5.74, 6) is -0.343. The molecule has 0 aromatic heterocycles. The molecule has 0 saturated carbocycles. The van der Waals surface area contributed by atoms with Gasteiger partial charge in [-0.05, 0) is 26.2 Å². The number of carbonyl (C=O) groups is 3. The van der Waals surface area contributed by atoms with Gasteiger partial charge in [-0.1, -0.05) is 0 Å². The van der Waals surface area contributed by atoms with Crippen LogP contribution in [0.5, 0.6) is 0 Å². The summed E-state index contributed by atoms with van der Waals surface area (Å²) in [5, 5.41) is 2.92. The van der Waals surface area contributed by atoms with Crippen molar-refractivity contribution in [3.63, 3.8) is 0 Å². The van der Waals surface area contributed by atoms with E-state index in [1.165, 1.54) is 11.3 Å². The molecule has 0 spiro atoms. The standard InChI is InChI=1S/C13H21N3O3/c1-2-16-11(17)8-10(13(16)19)14-9-12(18)15-6-4-3-5-7-15/h10,14H,2-9H2,1H3. The molecular weight excluding hydrogens is 246 g/mol. The van der Waals surface area contributed by atoms with E-state index in [0.29, 0.717) is 6.54 Å². The zero-order valence-electron chi connectivity index (χ0n) is 11.4. The van der Waals surface area contributed by atoms with Crippen molar-refractivity contribution in [2.75, 3.05) is 26.2 Å². The minimum absolute atomic E-state index is 0.0231. The van der Waals surface area contributed by atoms with Crippen molar-refractivity contribution in [2.45, 2.75) is 38.6 Å². The number of nitrogens with zero attached hydrogens (tertiary/aromatic N) is 2. The van der Waals surface area contributed by atoms with Crippen molar-refractivity contribution < 1.29 is 14.4 Å². The number of piperidine rings is 1. The van der Waals surface area contributed by atoms with Crippen LogP contribution in [0, 0.1) is 0 Å². The van der Waals surface area contributed by atoms with Crippen molar-refractivity contribution in [3.8, 4) is 0 Å². The van der Waals surface area contributed by atoms with E-state index < -0.39 is 6.04 Å². The average Bonchev–Trinajstić information content (AvgIpc) is 2.71. The molecular formula is C13H21N3O3. The molecule has 6 heteroatoms. The van der Waals surface area contributed by atoms with Crippen molar-refractivity contribution in [1.29, 1.82) is 0 Å². The lowest BCUT2D eigenvalue weighted by Gasteiger charge is -2.27. The molecule has 2 aliphatic rings. The van der Waals surface area contributed by atoms with Crippen molar-refractivity contribution in [1.82, 2.24) is 15.1 Å². The number of likely N-dealkylation sites (tertiary alicyclic amines) is 2. The lowest BCUT2D eigenvalue weighted by Crippen LogP contribution is -2.46. The Kier molecular flexibility index (Phi) is 4.52. The highest BCUT2D eigenvalue weighted by Gasteiger charge is 2.37. The van der Waals surface area contributed by atoms with Gasteiger partial charge >= 0.3 is 0 Å². The van der Waals surface area contributed by atoms with Gasteiger partial charge in [0.1, 0.15) is 0 Å². The molecule has 0 aliphatic carbocycles. The minimum Gasteiger partial charge on any atom is -0.342 e. The van der Waals surface area contributed by atoms with Crippen LogP contribution in [0.15, 0.2) is 0 Å². The second kappa shape index (κ2) is 6.14. The smallest absolute Gasteiger partial charge is 0.246 e. The number of carbonyl (C=O) groups excluding carboxylic acids is 3. The highest BCUT2D eigenvalue weighted by Crippen LogP contribution is 2.13.